The number of Topliss-reactive ketones (excluding diaryl/α,β-unsaturated/α-hetero) is 2. The standard InChI is InChI=1S/C13H22O3/c14-12-7-3-1-2-4-9-13(15)11-16-10-6-5-8-12/h1-11H2. The van der Waals surface area contributed by atoms with Crippen LogP contribution in [-0.4, -0.2) is 24.8 Å². The fraction of sp³-hybridized carbons (Fsp3) is 0.846. The van der Waals surface area contributed by atoms with Gasteiger partial charge in [0.1, 0.15) is 12.4 Å². The van der Waals surface area contributed by atoms with Gasteiger partial charge in [0.25, 0.3) is 0 Å². The molecule has 16 heavy (non-hydrogen) atoms. The SMILES string of the molecule is O=C1CCCCCCC(=O)COCCCC1. The van der Waals surface area contributed by atoms with E-state index in [4.69, 9.17) is 4.74 Å². The van der Waals surface area contributed by atoms with Crippen molar-refractivity contribution in [3.63, 3.8) is 0 Å². The van der Waals surface area contributed by atoms with Gasteiger partial charge in [-0.2, -0.15) is 0 Å². The molecule has 0 aromatic heterocycles. The van der Waals surface area contributed by atoms with E-state index < -0.39 is 0 Å². The molecule has 1 saturated heterocycles. The molecule has 0 bridgehead atoms. The van der Waals surface area contributed by atoms with Gasteiger partial charge >= 0.3 is 0 Å². The van der Waals surface area contributed by atoms with Crippen LogP contribution in [0.4, 0.5) is 0 Å². The predicted octanol–water partition coefficient (Wildman–Crippen LogP) is 2.67. The summed E-state index contributed by atoms with van der Waals surface area (Å²) in [6.07, 6.45) is 7.87. The summed E-state index contributed by atoms with van der Waals surface area (Å²) in [7, 11) is 0. The molecule has 0 aromatic rings. The van der Waals surface area contributed by atoms with E-state index in [0.717, 1.165) is 44.9 Å². The minimum Gasteiger partial charge on any atom is -0.374 e. The number of hydrogen-bond acceptors (Lipinski definition) is 3. The van der Waals surface area contributed by atoms with Crippen molar-refractivity contribution >= 4 is 11.6 Å². The molecule has 1 rings (SSSR count). The Bertz CT molecular complexity index is 179. The van der Waals surface area contributed by atoms with Crippen LogP contribution in [0.3, 0.4) is 0 Å². The van der Waals surface area contributed by atoms with Crippen LogP contribution >= 0.6 is 0 Å². The molecule has 3 heteroatoms. The fourth-order valence-electron chi connectivity index (χ4n) is 1.91. The molecule has 1 fully saturated rings. The predicted molar refractivity (Wildman–Crippen MR) is 62.4 cm³/mol. The van der Waals surface area contributed by atoms with Gasteiger partial charge in [0.2, 0.25) is 0 Å². The van der Waals surface area contributed by atoms with Crippen molar-refractivity contribution < 1.29 is 14.3 Å². The first-order chi connectivity index (χ1) is 7.79. The lowest BCUT2D eigenvalue weighted by Crippen LogP contribution is -2.10. The van der Waals surface area contributed by atoms with Gasteiger partial charge in [-0.25, -0.2) is 0 Å². The van der Waals surface area contributed by atoms with Crippen molar-refractivity contribution in [3.05, 3.63) is 0 Å². The van der Waals surface area contributed by atoms with E-state index in [9.17, 15) is 9.59 Å². The number of ether oxygens (including phenoxy) is 1. The van der Waals surface area contributed by atoms with Gasteiger partial charge in [0.05, 0.1) is 0 Å². The molecule has 3 nitrogen and oxygen atoms in total. The highest BCUT2D eigenvalue weighted by molar-refractivity contribution is 5.79. The first-order valence-corrected chi connectivity index (χ1v) is 6.40. The average Bonchev–Trinajstić information content (AvgIpc) is 2.27. The Balaban J connectivity index is 2.23. The molecular formula is C13H22O3. The summed E-state index contributed by atoms with van der Waals surface area (Å²) in [6.45, 7) is 0.868. The second kappa shape index (κ2) is 8.45. The van der Waals surface area contributed by atoms with Crippen LogP contribution in [0.1, 0.15) is 57.8 Å². The largest absolute Gasteiger partial charge is 0.374 e. The molecule has 0 radical (unpaired) electrons. The van der Waals surface area contributed by atoms with E-state index in [1.165, 1.54) is 0 Å². The van der Waals surface area contributed by atoms with E-state index >= 15 is 0 Å². The summed E-state index contributed by atoms with van der Waals surface area (Å²) >= 11 is 0. The zero-order chi connectivity index (χ0) is 11.6. The Hall–Kier alpha value is -0.700. The summed E-state index contributed by atoms with van der Waals surface area (Å²) in [4.78, 5) is 22.7. The van der Waals surface area contributed by atoms with Crippen LogP contribution in [0.25, 0.3) is 0 Å². The minimum absolute atomic E-state index is 0.216. The summed E-state index contributed by atoms with van der Waals surface area (Å²) in [5.74, 6) is 0.598. The molecule has 1 aliphatic heterocycles. The Morgan fingerprint density at radius 1 is 0.688 bits per heavy atom. The van der Waals surface area contributed by atoms with Crippen LogP contribution in [0.5, 0.6) is 0 Å². The van der Waals surface area contributed by atoms with Crippen molar-refractivity contribution in [2.45, 2.75) is 57.8 Å². The number of hydrogen-bond donors (Lipinski definition) is 0. The highest BCUT2D eigenvalue weighted by Crippen LogP contribution is 2.09. The first kappa shape index (κ1) is 13.4. The molecule has 1 heterocycles. The van der Waals surface area contributed by atoms with E-state index in [2.05, 4.69) is 0 Å². The fourth-order valence-corrected chi connectivity index (χ4v) is 1.91. The zero-order valence-corrected chi connectivity index (χ0v) is 10.0. The molecule has 0 N–H and O–H groups in total. The monoisotopic (exact) mass is 226 g/mol. The number of ketones is 2. The maximum absolute atomic E-state index is 11.4. The minimum atomic E-state index is 0.216. The van der Waals surface area contributed by atoms with Crippen LogP contribution in [0, 0.1) is 0 Å². The maximum Gasteiger partial charge on any atom is 0.158 e. The topological polar surface area (TPSA) is 43.4 Å². The molecule has 0 unspecified atom stereocenters. The second-order valence-corrected chi connectivity index (χ2v) is 4.50. The van der Waals surface area contributed by atoms with Crippen LogP contribution in [-0.2, 0) is 14.3 Å². The third-order valence-electron chi connectivity index (χ3n) is 2.92. The zero-order valence-electron chi connectivity index (χ0n) is 10.0. The van der Waals surface area contributed by atoms with Gasteiger partial charge in [-0.05, 0) is 25.7 Å². The highest BCUT2D eigenvalue weighted by atomic mass is 16.5. The normalized spacial score (nSPS) is 22.8. The molecule has 0 aliphatic carbocycles. The maximum atomic E-state index is 11.4. The molecule has 0 atom stereocenters. The van der Waals surface area contributed by atoms with Crippen molar-refractivity contribution in [1.82, 2.24) is 0 Å². The number of rotatable bonds is 0. The van der Waals surface area contributed by atoms with E-state index in [-0.39, 0.29) is 12.4 Å². The van der Waals surface area contributed by atoms with Crippen LogP contribution in [0.15, 0.2) is 0 Å². The lowest BCUT2D eigenvalue weighted by Gasteiger charge is -2.06. The summed E-state index contributed by atoms with van der Waals surface area (Å²) in [5.41, 5.74) is 0. The van der Waals surface area contributed by atoms with Gasteiger partial charge in [0, 0.05) is 25.9 Å². The number of carbonyl (C=O) groups is 2. The summed E-state index contributed by atoms with van der Waals surface area (Å²) in [5, 5.41) is 0. The lowest BCUT2D eigenvalue weighted by molar-refractivity contribution is -0.124. The van der Waals surface area contributed by atoms with Gasteiger partial charge < -0.3 is 4.74 Å². The van der Waals surface area contributed by atoms with E-state index in [0.29, 0.717) is 25.2 Å². The highest BCUT2D eigenvalue weighted by Gasteiger charge is 2.05. The Morgan fingerprint density at radius 3 is 1.94 bits per heavy atom. The van der Waals surface area contributed by atoms with Crippen molar-refractivity contribution in [1.29, 1.82) is 0 Å². The third kappa shape index (κ3) is 6.72. The molecule has 1 aliphatic rings. The summed E-state index contributed by atoms with van der Waals surface area (Å²) < 4.78 is 5.27. The van der Waals surface area contributed by atoms with Crippen LogP contribution < -0.4 is 0 Å². The molecule has 0 spiro atoms. The molecule has 0 aromatic carbocycles. The van der Waals surface area contributed by atoms with Crippen molar-refractivity contribution in [2.24, 2.45) is 0 Å². The number of carbonyl (C=O) groups excluding carboxylic acids is 2. The van der Waals surface area contributed by atoms with Crippen LogP contribution in [0.2, 0.25) is 0 Å². The van der Waals surface area contributed by atoms with Gasteiger partial charge in [-0.1, -0.05) is 12.8 Å². The molecule has 92 valence electrons. The van der Waals surface area contributed by atoms with Gasteiger partial charge in [-0.15, -0.1) is 0 Å². The van der Waals surface area contributed by atoms with Crippen molar-refractivity contribution in [2.75, 3.05) is 13.2 Å². The molecule has 0 saturated carbocycles. The molecular weight excluding hydrogens is 204 g/mol. The lowest BCUT2D eigenvalue weighted by atomic mass is 10.0. The Kier molecular flexibility index (Phi) is 7.06. The average molecular weight is 226 g/mol. The first-order valence-electron chi connectivity index (χ1n) is 6.40. The smallest absolute Gasteiger partial charge is 0.158 e. The second-order valence-electron chi connectivity index (χ2n) is 4.50. The van der Waals surface area contributed by atoms with E-state index in [1.54, 1.807) is 0 Å². The third-order valence-corrected chi connectivity index (χ3v) is 2.92. The molecule has 0 amide bonds. The van der Waals surface area contributed by atoms with Crippen molar-refractivity contribution in [3.8, 4) is 0 Å². The van der Waals surface area contributed by atoms with E-state index in [1.807, 2.05) is 0 Å². The van der Waals surface area contributed by atoms with Gasteiger partial charge in [-0.3, -0.25) is 9.59 Å². The quantitative estimate of drug-likeness (QED) is 0.637. The summed E-state index contributed by atoms with van der Waals surface area (Å²) in [6, 6.07) is 0. The Morgan fingerprint density at radius 2 is 1.25 bits per heavy atom. The Labute approximate surface area is 97.5 Å². The van der Waals surface area contributed by atoms with Gasteiger partial charge in [0.15, 0.2) is 5.78 Å².